The number of nitrogens with zero attached hydrogens (tertiary/aromatic N) is 1. The monoisotopic (exact) mass is 305 g/mol. The molecule has 0 aliphatic carbocycles. The third-order valence-corrected chi connectivity index (χ3v) is 3.47. The van der Waals surface area contributed by atoms with Crippen LogP contribution in [-0.2, 0) is 0 Å². The van der Waals surface area contributed by atoms with Crippen molar-refractivity contribution in [2.45, 2.75) is 26.3 Å². The zero-order valence-corrected chi connectivity index (χ0v) is 12.9. The van der Waals surface area contributed by atoms with E-state index >= 15 is 0 Å². The fraction of sp³-hybridized carbons (Fsp3) is 0.571. The highest BCUT2D eigenvalue weighted by Gasteiger charge is 2.11. The van der Waals surface area contributed by atoms with Crippen LogP contribution in [0.4, 0.5) is 0 Å². The maximum atomic E-state index is 8.88. The molecule has 1 rings (SSSR count). The van der Waals surface area contributed by atoms with Crippen LogP contribution in [-0.4, -0.2) is 42.4 Å². The summed E-state index contributed by atoms with van der Waals surface area (Å²) in [6, 6.07) is 5.72. The second-order valence-corrected chi connectivity index (χ2v) is 5.42. The fourth-order valence-corrected chi connectivity index (χ4v) is 2.29. The molecule has 3 nitrogen and oxygen atoms in total. The molecule has 0 aliphatic heterocycles. The minimum absolute atomic E-state index is 0.209. The topological polar surface area (TPSA) is 32.7 Å². The van der Waals surface area contributed by atoms with E-state index in [0.717, 1.165) is 19.5 Å². The molecule has 0 saturated heterocycles. The van der Waals surface area contributed by atoms with Gasteiger partial charge in [-0.05, 0) is 32.4 Å². The van der Waals surface area contributed by atoms with Gasteiger partial charge in [0.1, 0.15) is 6.61 Å². The smallest absolute Gasteiger partial charge is 0.156 e. The fourth-order valence-electron chi connectivity index (χ4n) is 1.79. The molecule has 1 N–H and O–H groups in total. The highest BCUT2D eigenvalue weighted by molar-refractivity contribution is 6.37. The van der Waals surface area contributed by atoms with E-state index in [9.17, 15) is 0 Å². The molecule has 0 amide bonds. The lowest BCUT2D eigenvalue weighted by atomic mass is 10.3. The molecule has 0 fully saturated rings. The molecule has 0 atom stereocenters. The molecule has 108 valence electrons. The van der Waals surface area contributed by atoms with E-state index in [1.54, 1.807) is 18.2 Å². The molecule has 0 saturated carbocycles. The number of halogens is 2. The van der Waals surface area contributed by atoms with E-state index < -0.39 is 0 Å². The van der Waals surface area contributed by atoms with E-state index in [0.29, 0.717) is 28.4 Å². The number of rotatable bonds is 8. The normalized spacial score (nSPS) is 11.3. The Kier molecular flexibility index (Phi) is 7.54. The largest absolute Gasteiger partial charge is 0.489 e. The van der Waals surface area contributed by atoms with Gasteiger partial charge in [-0.25, -0.2) is 0 Å². The lowest BCUT2D eigenvalue weighted by Crippen LogP contribution is -2.35. The van der Waals surface area contributed by atoms with Gasteiger partial charge in [-0.1, -0.05) is 29.3 Å². The summed E-state index contributed by atoms with van der Waals surface area (Å²) in [6.07, 6.45) is 0.769. The Hall–Kier alpha value is -0.480. The lowest BCUT2D eigenvalue weighted by Gasteiger charge is -2.26. The number of aliphatic hydroxyl groups excluding tert-OH is 1. The van der Waals surface area contributed by atoms with Gasteiger partial charge < -0.3 is 9.84 Å². The first-order valence-electron chi connectivity index (χ1n) is 6.48. The van der Waals surface area contributed by atoms with Crippen molar-refractivity contribution in [1.29, 1.82) is 0 Å². The zero-order valence-electron chi connectivity index (χ0n) is 11.4. The molecular formula is C14H21Cl2NO2. The van der Waals surface area contributed by atoms with E-state index in [2.05, 4.69) is 18.7 Å². The third kappa shape index (κ3) is 5.57. The minimum Gasteiger partial charge on any atom is -0.489 e. The minimum atomic E-state index is 0.209. The van der Waals surface area contributed by atoms with Gasteiger partial charge in [0.05, 0.1) is 10.0 Å². The Labute approximate surface area is 125 Å². The lowest BCUT2D eigenvalue weighted by molar-refractivity contribution is 0.160. The van der Waals surface area contributed by atoms with Crippen molar-refractivity contribution >= 4 is 23.2 Å². The molecule has 0 spiro atoms. The number of para-hydroxylation sites is 1. The molecular weight excluding hydrogens is 285 g/mol. The molecule has 0 bridgehead atoms. The van der Waals surface area contributed by atoms with Crippen LogP contribution in [0.15, 0.2) is 18.2 Å². The predicted octanol–water partition coefficient (Wildman–Crippen LogP) is 3.47. The average molecular weight is 306 g/mol. The Morgan fingerprint density at radius 1 is 1.21 bits per heavy atom. The molecule has 0 aromatic heterocycles. The summed E-state index contributed by atoms with van der Waals surface area (Å²) in [7, 11) is 0. The second kappa shape index (κ2) is 8.64. The maximum Gasteiger partial charge on any atom is 0.156 e. The molecule has 0 unspecified atom stereocenters. The first-order chi connectivity index (χ1) is 9.06. The second-order valence-electron chi connectivity index (χ2n) is 4.61. The maximum absolute atomic E-state index is 8.88. The Bertz CT molecular complexity index is 365. The van der Waals surface area contributed by atoms with E-state index in [1.165, 1.54) is 0 Å². The highest BCUT2D eigenvalue weighted by atomic mass is 35.5. The average Bonchev–Trinajstić information content (AvgIpc) is 2.36. The molecule has 0 radical (unpaired) electrons. The zero-order chi connectivity index (χ0) is 14.3. The van der Waals surface area contributed by atoms with Crippen LogP contribution < -0.4 is 4.74 Å². The van der Waals surface area contributed by atoms with Crippen LogP contribution in [0.2, 0.25) is 10.0 Å². The van der Waals surface area contributed by atoms with E-state index in [-0.39, 0.29) is 6.61 Å². The van der Waals surface area contributed by atoms with Gasteiger partial charge in [0, 0.05) is 25.7 Å². The number of ether oxygens (including phenoxy) is 1. The molecule has 1 aromatic rings. The quantitative estimate of drug-likeness (QED) is 0.798. The van der Waals surface area contributed by atoms with Crippen LogP contribution in [0.25, 0.3) is 0 Å². The van der Waals surface area contributed by atoms with Gasteiger partial charge >= 0.3 is 0 Å². The Morgan fingerprint density at radius 2 is 1.84 bits per heavy atom. The van der Waals surface area contributed by atoms with Gasteiger partial charge in [-0.2, -0.15) is 0 Å². The first-order valence-corrected chi connectivity index (χ1v) is 7.23. The summed E-state index contributed by atoms with van der Waals surface area (Å²) in [5, 5.41) is 9.93. The number of benzene rings is 1. The van der Waals surface area contributed by atoms with E-state index in [1.807, 2.05) is 0 Å². The van der Waals surface area contributed by atoms with Crippen LogP contribution in [0.5, 0.6) is 5.75 Å². The van der Waals surface area contributed by atoms with Gasteiger partial charge in [-0.3, -0.25) is 4.90 Å². The first kappa shape index (κ1) is 16.6. The molecule has 19 heavy (non-hydrogen) atoms. The molecule has 0 aliphatic rings. The Morgan fingerprint density at radius 3 is 2.37 bits per heavy atom. The van der Waals surface area contributed by atoms with Gasteiger partial charge in [0.15, 0.2) is 5.75 Å². The van der Waals surface area contributed by atoms with Crippen molar-refractivity contribution in [1.82, 2.24) is 4.90 Å². The standard InChI is InChI=1S/C14H21Cl2NO2/c1-11(2)17(7-4-9-18)8-10-19-14-12(15)5-3-6-13(14)16/h3,5-6,11,18H,4,7-10H2,1-2H3. The molecule has 0 heterocycles. The van der Waals surface area contributed by atoms with Gasteiger partial charge in [0.25, 0.3) is 0 Å². The van der Waals surface area contributed by atoms with Crippen LogP contribution >= 0.6 is 23.2 Å². The van der Waals surface area contributed by atoms with Crippen molar-refractivity contribution in [2.75, 3.05) is 26.3 Å². The molecule has 1 aromatic carbocycles. The summed E-state index contributed by atoms with van der Waals surface area (Å²) in [6.45, 7) is 6.61. The summed E-state index contributed by atoms with van der Waals surface area (Å²) in [4.78, 5) is 2.25. The summed E-state index contributed by atoms with van der Waals surface area (Å²) in [5.41, 5.74) is 0. The van der Waals surface area contributed by atoms with Crippen LogP contribution in [0, 0.1) is 0 Å². The predicted molar refractivity (Wildman–Crippen MR) is 80.4 cm³/mol. The third-order valence-electron chi connectivity index (χ3n) is 2.88. The SMILES string of the molecule is CC(C)N(CCCO)CCOc1c(Cl)cccc1Cl. The van der Waals surface area contributed by atoms with Crippen LogP contribution in [0.3, 0.4) is 0 Å². The van der Waals surface area contributed by atoms with Crippen molar-refractivity contribution < 1.29 is 9.84 Å². The number of hydrogen-bond donors (Lipinski definition) is 1. The molecule has 5 heteroatoms. The van der Waals surface area contributed by atoms with Crippen molar-refractivity contribution in [3.8, 4) is 5.75 Å². The summed E-state index contributed by atoms with van der Waals surface area (Å²) in [5.74, 6) is 0.539. The number of hydrogen-bond acceptors (Lipinski definition) is 3. The van der Waals surface area contributed by atoms with Crippen molar-refractivity contribution in [2.24, 2.45) is 0 Å². The van der Waals surface area contributed by atoms with Crippen molar-refractivity contribution in [3.63, 3.8) is 0 Å². The number of aliphatic hydroxyl groups is 1. The van der Waals surface area contributed by atoms with E-state index in [4.69, 9.17) is 33.0 Å². The Balaban J connectivity index is 2.47. The van der Waals surface area contributed by atoms with Gasteiger partial charge in [-0.15, -0.1) is 0 Å². The van der Waals surface area contributed by atoms with Gasteiger partial charge in [0.2, 0.25) is 0 Å². The van der Waals surface area contributed by atoms with Crippen LogP contribution in [0.1, 0.15) is 20.3 Å². The summed E-state index contributed by atoms with van der Waals surface area (Å²) >= 11 is 12.1. The highest BCUT2D eigenvalue weighted by Crippen LogP contribution is 2.32. The summed E-state index contributed by atoms with van der Waals surface area (Å²) < 4.78 is 5.66. The van der Waals surface area contributed by atoms with Crippen molar-refractivity contribution in [3.05, 3.63) is 28.2 Å².